The average Bonchev–Trinajstić information content (AvgIpc) is 2.86. The van der Waals surface area contributed by atoms with Gasteiger partial charge in [-0.05, 0) is 50.6 Å². The summed E-state index contributed by atoms with van der Waals surface area (Å²) in [6.45, 7) is 5.83. The van der Waals surface area contributed by atoms with Crippen LogP contribution in [-0.4, -0.2) is 32.3 Å². The SMILES string of the molecule is CCOc1ccc(CCNC2CCNC2)cc1Cl. The third-order valence-corrected chi connectivity index (χ3v) is 3.50. The first-order chi connectivity index (χ1) is 8.79. The zero-order valence-electron chi connectivity index (χ0n) is 10.8. The van der Waals surface area contributed by atoms with Crippen LogP contribution in [0.4, 0.5) is 0 Å². The summed E-state index contributed by atoms with van der Waals surface area (Å²) in [4.78, 5) is 0. The summed E-state index contributed by atoms with van der Waals surface area (Å²) in [6.07, 6.45) is 2.23. The first-order valence-electron chi connectivity index (χ1n) is 6.65. The molecular formula is C14H21ClN2O. The zero-order chi connectivity index (χ0) is 12.8. The number of hydrogen-bond donors (Lipinski definition) is 2. The van der Waals surface area contributed by atoms with E-state index in [-0.39, 0.29) is 0 Å². The summed E-state index contributed by atoms with van der Waals surface area (Å²) in [5.41, 5.74) is 1.25. The Kier molecular flexibility index (Phi) is 5.29. The molecule has 1 aromatic rings. The molecule has 1 fully saturated rings. The third kappa shape index (κ3) is 3.87. The Bertz CT molecular complexity index is 378. The van der Waals surface area contributed by atoms with Crippen LogP contribution in [0.2, 0.25) is 5.02 Å². The van der Waals surface area contributed by atoms with Gasteiger partial charge in [0.1, 0.15) is 5.75 Å². The molecule has 1 atom stereocenters. The second kappa shape index (κ2) is 6.98. The molecule has 100 valence electrons. The lowest BCUT2D eigenvalue weighted by molar-refractivity contribution is 0.340. The minimum atomic E-state index is 0.628. The molecule has 2 N–H and O–H groups in total. The van der Waals surface area contributed by atoms with Crippen molar-refractivity contribution in [2.24, 2.45) is 0 Å². The highest BCUT2D eigenvalue weighted by molar-refractivity contribution is 6.32. The first-order valence-corrected chi connectivity index (χ1v) is 7.02. The summed E-state index contributed by atoms with van der Waals surface area (Å²) in [6, 6.07) is 6.67. The molecule has 18 heavy (non-hydrogen) atoms. The van der Waals surface area contributed by atoms with Crippen LogP contribution in [-0.2, 0) is 6.42 Å². The van der Waals surface area contributed by atoms with E-state index in [1.165, 1.54) is 12.0 Å². The highest BCUT2D eigenvalue weighted by Crippen LogP contribution is 2.25. The fourth-order valence-corrected chi connectivity index (χ4v) is 2.48. The number of hydrogen-bond acceptors (Lipinski definition) is 3. The van der Waals surface area contributed by atoms with E-state index in [0.717, 1.165) is 31.8 Å². The lowest BCUT2D eigenvalue weighted by atomic mass is 10.1. The Balaban J connectivity index is 1.80. The molecule has 0 aliphatic carbocycles. The van der Waals surface area contributed by atoms with E-state index < -0.39 is 0 Å². The van der Waals surface area contributed by atoms with Crippen molar-refractivity contribution >= 4 is 11.6 Å². The van der Waals surface area contributed by atoms with Gasteiger partial charge >= 0.3 is 0 Å². The van der Waals surface area contributed by atoms with Gasteiger partial charge in [0.15, 0.2) is 0 Å². The Morgan fingerprint density at radius 2 is 2.39 bits per heavy atom. The van der Waals surface area contributed by atoms with Crippen LogP contribution in [0.1, 0.15) is 18.9 Å². The maximum absolute atomic E-state index is 6.16. The van der Waals surface area contributed by atoms with E-state index in [9.17, 15) is 0 Å². The molecule has 2 rings (SSSR count). The van der Waals surface area contributed by atoms with Crippen LogP contribution in [0.5, 0.6) is 5.75 Å². The summed E-state index contributed by atoms with van der Waals surface area (Å²) in [5.74, 6) is 0.774. The lowest BCUT2D eigenvalue weighted by Gasteiger charge is -2.12. The van der Waals surface area contributed by atoms with E-state index in [1.807, 2.05) is 19.1 Å². The second-order valence-corrected chi connectivity index (χ2v) is 5.00. The van der Waals surface area contributed by atoms with E-state index in [2.05, 4.69) is 16.7 Å². The Morgan fingerprint density at radius 1 is 1.50 bits per heavy atom. The van der Waals surface area contributed by atoms with Gasteiger partial charge < -0.3 is 15.4 Å². The van der Waals surface area contributed by atoms with Crippen LogP contribution in [0.25, 0.3) is 0 Å². The van der Waals surface area contributed by atoms with Crippen LogP contribution < -0.4 is 15.4 Å². The minimum Gasteiger partial charge on any atom is -0.492 e. The summed E-state index contributed by atoms with van der Waals surface area (Å²) >= 11 is 6.16. The van der Waals surface area contributed by atoms with Gasteiger partial charge in [-0.1, -0.05) is 17.7 Å². The van der Waals surface area contributed by atoms with Gasteiger partial charge in [0.05, 0.1) is 11.6 Å². The van der Waals surface area contributed by atoms with Gasteiger partial charge in [0, 0.05) is 12.6 Å². The predicted octanol–water partition coefficient (Wildman–Crippen LogP) is 2.23. The van der Waals surface area contributed by atoms with Crippen molar-refractivity contribution in [2.45, 2.75) is 25.8 Å². The normalized spacial score (nSPS) is 19.1. The quantitative estimate of drug-likeness (QED) is 0.830. The van der Waals surface area contributed by atoms with Crippen molar-refractivity contribution in [1.82, 2.24) is 10.6 Å². The van der Waals surface area contributed by atoms with E-state index in [4.69, 9.17) is 16.3 Å². The van der Waals surface area contributed by atoms with Gasteiger partial charge in [-0.2, -0.15) is 0 Å². The Hall–Kier alpha value is -0.770. The van der Waals surface area contributed by atoms with Crippen LogP contribution >= 0.6 is 11.6 Å². The molecule has 0 spiro atoms. The standard InChI is InChI=1S/C14H21ClN2O/c1-2-18-14-4-3-11(9-13(14)15)5-8-17-12-6-7-16-10-12/h3-4,9,12,16-17H,2,5-8,10H2,1H3. The van der Waals surface area contributed by atoms with Gasteiger partial charge in [-0.3, -0.25) is 0 Å². The number of halogens is 1. The monoisotopic (exact) mass is 268 g/mol. The lowest BCUT2D eigenvalue weighted by Crippen LogP contribution is -2.32. The highest BCUT2D eigenvalue weighted by atomic mass is 35.5. The van der Waals surface area contributed by atoms with Crippen molar-refractivity contribution in [3.8, 4) is 5.75 Å². The molecule has 0 bridgehead atoms. The van der Waals surface area contributed by atoms with Gasteiger partial charge in [0.2, 0.25) is 0 Å². The zero-order valence-corrected chi connectivity index (χ0v) is 11.6. The number of nitrogens with one attached hydrogen (secondary N) is 2. The Labute approximate surface area is 114 Å². The first kappa shape index (κ1) is 13.7. The third-order valence-electron chi connectivity index (χ3n) is 3.20. The molecule has 0 saturated carbocycles. The minimum absolute atomic E-state index is 0.628. The maximum atomic E-state index is 6.16. The van der Waals surface area contributed by atoms with Crippen molar-refractivity contribution in [1.29, 1.82) is 0 Å². The smallest absolute Gasteiger partial charge is 0.137 e. The van der Waals surface area contributed by atoms with Crippen LogP contribution in [0, 0.1) is 0 Å². The molecule has 1 saturated heterocycles. The Morgan fingerprint density at radius 3 is 3.06 bits per heavy atom. The van der Waals surface area contributed by atoms with Crippen LogP contribution in [0.15, 0.2) is 18.2 Å². The summed E-state index contributed by atoms with van der Waals surface area (Å²) < 4.78 is 5.42. The molecule has 3 nitrogen and oxygen atoms in total. The van der Waals surface area contributed by atoms with E-state index in [0.29, 0.717) is 17.7 Å². The molecule has 1 aliphatic heterocycles. The second-order valence-electron chi connectivity index (χ2n) is 4.59. The van der Waals surface area contributed by atoms with E-state index in [1.54, 1.807) is 0 Å². The molecule has 1 aliphatic rings. The molecule has 1 unspecified atom stereocenters. The topological polar surface area (TPSA) is 33.3 Å². The number of rotatable bonds is 6. The molecule has 4 heteroatoms. The molecule has 0 radical (unpaired) electrons. The average molecular weight is 269 g/mol. The predicted molar refractivity (Wildman–Crippen MR) is 75.6 cm³/mol. The van der Waals surface area contributed by atoms with Crippen molar-refractivity contribution < 1.29 is 4.74 Å². The summed E-state index contributed by atoms with van der Waals surface area (Å²) in [7, 11) is 0. The highest BCUT2D eigenvalue weighted by Gasteiger charge is 2.12. The van der Waals surface area contributed by atoms with E-state index >= 15 is 0 Å². The van der Waals surface area contributed by atoms with Crippen molar-refractivity contribution in [2.75, 3.05) is 26.2 Å². The molecule has 0 aromatic heterocycles. The maximum Gasteiger partial charge on any atom is 0.137 e. The van der Waals surface area contributed by atoms with Gasteiger partial charge in [0.25, 0.3) is 0 Å². The molecular weight excluding hydrogens is 248 g/mol. The molecule has 0 amide bonds. The largest absolute Gasteiger partial charge is 0.492 e. The van der Waals surface area contributed by atoms with Crippen LogP contribution in [0.3, 0.4) is 0 Å². The van der Waals surface area contributed by atoms with Gasteiger partial charge in [-0.15, -0.1) is 0 Å². The number of ether oxygens (including phenoxy) is 1. The fraction of sp³-hybridized carbons (Fsp3) is 0.571. The summed E-state index contributed by atoms with van der Waals surface area (Å²) in [5, 5.41) is 7.61. The fourth-order valence-electron chi connectivity index (χ4n) is 2.22. The molecule has 1 heterocycles. The van der Waals surface area contributed by atoms with Gasteiger partial charge in [-0.25, -0.2) is 0 Å². The van der Waals surface area contributed by atoms with Crippen molar-refractivity contribution in [3.63, 3.8) is 0 Å². The number of benzene rings is 1. The molecule has 1 aromatic carbocycles. The van der Waals surface area contributed by atoms with Crippen molar-refractivity contribution in [3.05, 3.63) is 28.8 Å².